The minimum Gasteiger partial charge on any atom is -0.384 e. The number of aliphatic hydroxyl groups is 1. The summed E-state index contributed by atoms with van der Waals surface area (Å²) in [4.78, 5) is 13.1. The maximum atomic E-state index is 13.1. The maximum absolute atomic E-state index is 13.1. The zero-order valence-corrected chi connectivity index (χ0v) is 17.8. The van der Waals surface area contributed by atoms with Gasteiger partial charge in [-0.15, -0.1) is 0 Å². The van der Waals surface area contributed by atoms with E-state index in [0.717, 1.165) is 20.1 Å². The Labute approximate surface area is 170 Å². The number of ketones is 1. The maximum Gasteiger partial charge on any atom is 0.187 e. The Morgan fingerprint density at radius 1 is 1.08 bits per heavy atom. The fraction of sp³-hybridized carbons (Fsp3) is 0.227. The average molecular weight is 476 g/mol. The van der Waals surface area contributed by atoms with E-state index in [1.165, 1.54) is 0 Å². The van der Waals surface area contributed by atoms with Crippen molar-refractivity contribution < 1.29 is 9.90 Å². The van der Waals surface area contributed by atoms with Crippen LogP contribution >= 0.6 is 31.9 Å². The quantitative estimate of drug-likeness (QED) is 0.532. The molecule has 0 saturated carbocycles. The molecule has 1 aliphatic carbocycles. The molecule has 0 amide bonds. The van der Waals surface area contributed by atoms with Gasteiger partial charge < -0.3 is 5.11 Å². The van der Waals surface area contributed by atoms with Crippen LogP contribution in [0.1, 0.15) is 37.5 Å². The van der Waals surface area contributed by atoms with Crippen molar-refractivity contribution >= 4 is 43.7 Å². The summed E-state index contributed by atoms with van der Waals surface area (Å²) in [6.07, 6.45) is 3.55. The monoisotopic (exact) mass is 474 g/mol. The first-order valence-electron chi connectivity index (χ1n) is 8.42. The van der Waals surface area contributed by atoms with E-state index < -0.39 is 6.10 Å². The number of halogens is 2. The van der Waals surface area contributed by atoms with Crippen molar-refractivity contribution in [3.8, 4) is 0 Å². The lowest BCUT2D eigenvalue weighted by atomic mass is 9.74. The molecule has 0 aromatic heterocycles. The van der Waals surface area contributed by atoms with E-state index in [0.29, 0.717) is 17.6 Å². The van der Waals surface area contributed by atoms with Gasteiger partial charge in [0.1, 0.15) is 6.10 Å². The zero-order chi connectivity index (χ0) is 18.9. The first kappa shape index (κ1) is 19.3. The summed E-state index contributed by atoms with van der Waals surface area (Å²) < 4.78 is 1.85. The molecule has 134 valence electrons. The number of carbonyl (C=O) groups excluding carboxylic acids is 1. The van der Waals surface area contributed by atoms with Gasteiger partial charge in [-0.1, -0.05) is 76.0 Å². The fourth-order valence-electron chi connectivity index (χ4n) is 3.27. The summed E-state index contributed by atoms with van der Waals surface area (Å²) in [6, 6.07) is 15.3. The lowest BCUT2D eigenvalue weighted by Gasteiger charge is -2.30. The van der Waals surface area contributed by atoms with Crippen LogP contribution < -0.4 is 0 Å². The molecule has 0 fully saturated rings. The van der Waals surface area contributed by atoms with Crippen LogP contribution in [0.15, 0.2) is 74.7 Å². The van der Waals surface area contributed by atoms with Gasteiger partial charge in [-0.2, -0.15) is 0 Å². The predicted molar refractivity (Wildman–Crippen MR) is 113 cm³/mol. The van der Waals surface area contributed by atoms with Crippen molar-refractivity contribution in [2.75, 3.05) is 0 Å². The average Bonchev–Trinajstić information content (AvgIpc) is 2.57. The van der Waals surface area contributed by atoms with E-state index in [4.69, 9.17) is 0 Å². The van der Waals surface area contributed by atoms with E-state index in [9.17, 15) is 9.90 Å². The van der Waals surface area contributed by atoms with Gasteiger partial charge in [-0.25, -0.2) is 0 Å². The molecular formula is C22H20Br2O2. The Balaban J connectivity index is 2.00. The van der Waals surface area contributed by atoms with Gasteiger partial charge in [0.25, 0.3) is 0 Å². The van der Waals surface area contributed by atoms with E-state index in [-0.39, 0.29) is 11.2 Å². The highest BCUT2D eigenvalue weighted by Gasteiger charge is 2.33. The zero-order valence-electron chi connectivity index (χ0n) is 14.7. The molecule has 2 aromatic rings. The summed E-state index contributed by atoms with van der Waals surface area (Å²) in [5.74, 6) is -0.0863. The molecule has 3 rings (SSSR count). The van der Waals surface area contributed by atoms with E-state index >= 15 is 0 Å². The normalized spacial score (nSPS) is 19.3. The molecule has 0 saturated heterocycles. The Kier molecular flexibility index (Phi) is 5.66. The third-order valence-electron chi connectivity index (χ3n) is 4.39. The summed E-state index contributed by atoms with van der Waals surface area (Å²) in [5.41, 5.74) is 2.64. The SMILES string of the molecule is CC1(C)C=C(C(O)c2cccc(Br)c2)C(=O)/C(=C/c2cccc(Br)c2)C1. The topological polar surface area (TPSA) is 37.3 Å². The highest BCUT2D eigenvalue weighted by Crippen LogP contribution is 2.40. The molecule has 1 atom stereocenters. The Morgan fingerprint density at radius 2 is 1.73 bits per heavy atom. The third-order valence-corrected chi connectivity index (χ3v) is 5.38. The van der Waals surface area contributed by atoms with Crippen LogP contribution in [-0.4, -0.2) is 10.9 Å². The Hall–Kier alpha value is -1.49. The van der Waals surface area contributed by atoms with Crippen LogP contribution in [0.2, 0.25) is 0 Å². The smallest absolute Gasteiger partial charge is 0.187 e. The molecule has 1 unspecified atom stereocenters. The van der Waals surface area contributed by atoms with Crippen LogP contribution in [-0.2, 0) is 4.79 Å². The van der Waals surface area contributed by atoms with Gasteiger partial charge in [0.2, 0.25) is 0 Å². The lowest BCUT2D eigenvalue weighted by molar-refractivity contribution is -0.114. The number of rotatable bonds is 3. The minimum atomic E-state index is -0.939. The van der Waals surface area contributed by atoms with Crippen molar-refractivity contribution in [3.05, 3.63) is 85.8 Å². The standard InChI is InChI=1S/C22H20Br2O2/c1-22(2)12-16(9-14-5-3-7-17(23)10-14)21(26)19(13-22)20(25)15-6-4-8-18(24)11-15/h3-11,13,20,25H,12H2,1-2H3/b16-9+. The first-order chi connectivity index (χ1) is 12.2. The Bertz CT molecular complexity index is 910. The molecular weight excluding hydrogens is 456 g/mol. The van der Waals surface area contributed by atoms with Gasteiger partial charge in [0, 0.05) is 20.1 Å². The molecule has 26 heavy (non-hydrogen) atoms. The highest BCUT2D eigenvalue weighted by atomic mass is 79.9. The van der Waals surface area contributed by atoms with Gasteiger partial charge in [-0.3, -0.25) is 4.79 Å². The number of Topliss-reactive ketones (excluding diaryl/α,β-unsaturated/α-hetero) is 1. The molecule has 0 bridgehead atoms. The largest absolute Gasteiger partial charge is 0.384 e. The van der Waals surface area contributed by atoms with Crippen LogP contribution in [0, 0.1) is 5.41 Å². The van der Waals surface area contributed by atoms with Crippen LogP contribution in [0.25, 0.3) is 6.08 Å². The number of benzene rings is 2. The van der Waals surface area contributed by atoms with Crippen molar-refractivity contribution in [2.24, 2.45) is 5.41 Å². The second kappa shape index (κ2) is 7.63. The van der Waals surface area contributed by atoms with Gasteiger partial charge in [0.15, 0.2) is 5.78 Å². The van der Waals surface area contributed by atoms with Gasteiger partial charge in [0.05, 0.1) is 0 Å². The molecule has 4 heteroatoms. The molecule has 2 aromatic carbocycles. The summed E-state index contributed by atoms with van der Waals surface area (Å²) in [6.45, 7) is 4.17. The van der Waals surface area contributed by atoms with Crippen molar-refractivity contribution in [3.63, 3.8) is 0 Å². The summed E-state index contributed by atoms with van der Waals surface area (Å²) >= 11 is 6.89. The van der Waals surface area contributed by atoms with E-state index in [2.05, 4.69) is 45.7 Å². The summed E-state index contributed by atoms with van der Waals surface area (Å²) in [5, 5.41) is 10.9. The van der Waals surface area contributed by atoms with Gasteiger partial charge in [-0.05, 0) is 53.3 Å². The van der Waals surface area contributed by atoms with Crippen LogP contribution in [0.3, 0.4) is 0 Å². The molecule has 0 spiro atoms. The molecule has 0 aliphatic heterocycles. The third kappa shape index (κ3) is 4.43. The fourth-order valence-corrected chi connectivity index (χ4v) is 4.10. The molecule has 1 aliphatic rings. The molecule has 2 nitrogen and oxygen atoms in total. The number of hydrogen-bond donors (Lipinski definition) is 1. The molecule has 1 N–H and O–H groups in total. The first-order valence-corrected chi connectivity index (χ1v) is 10.0. The number of carbonyl (C=O) groups is 1. The predicted octanol–water partition coefficient (Wildman–Crippen LogP) is 6.25. The van der Waals surface area contributed by atoms with E-state index in [1.54, 1.807) is 0 Å². The summed E-state index contributed by atoms with van der Waals surface area (Å²) in [7, 11) is 0. The second-order valence-corrected chi connectivity index (χ2v) is 9.11. The number of allylic oxidation sites excluding steroid dienone is 2. The number of hydrogen-bond acceptors (Lipinski definition) is 2. The van der Waals surface area contributed by atoms with Gasteiger partial charge >= 0.3 is 0 Å². The van der Waals surface area contributed by atoms with E-state index in [1.807, 2.05) is 60.7 Å². The van der Waals surface area contributed by atoms with Crippen molar-refractivity contribution in [2.45, 2.75) is 26.4 Å². The van der Waals surface area contributed by atoms with Crippen LogP contribution in [0.5, 0.6) is 0 Å². The second-order valence-electron chi connectivity index (χ2n) is 7.28. The van der Waals surface area contributed by atoms with Crippen LogP contribution in [0.4, 0.5) is 0 Å². The minimum absolute atomic E-state index is 0.0863. The number of aliphatic hydroxyl groups excluding tert-OH is 1. The van der Waals surface area contributed by atoms with Crippen molar-refractivity contribution in [1.29, 1.82) is 0 Å². The van der Waals surface area contributed by atoms with Crippen molar-refractivity contribution in [1.82, 2.24) is 0 Å². The molecule has 0 radical (unpaired) electrons. The Morgan fingerprint density at radius 3 is 2.38 bits per heavy atom. The molecule has 0 heterocycles. The lowest BCUT2D eigenvalue weighted by Crippen LogP contribution is -2.25. The highest BCUT2D eigenvalue weighted by molar-refractivity contribution is 9.10.